The molecule has 82 valence electrons. The Labute approximate surface area is 89.0 Å². The molecule has 0 aliphatic heterocycles. The number of sulfone groups is 1. The molecule has 0 unspecified atom stereocenters. The molecule has 0 fully saturated rings. The lowest BCUT2D eigenvalue weighted by Gasteiger charge is -2.08. The third-order valence-corrected chi connectivity index (χ3v) is 3.36. The summed E-state index contributed by atoms with van der Waals surface area (Å²) in [6.07, 6.45) is 4.82. The van der Waals surface area contributed by atoms with Gasteiger partial charge >= 0.3 is 0 Å². The highest BCUT2D eigenvalue weighted by molar-refractivity contribution is 7.91. The van der Waals surface area contributed by atoms with Gasteiger partial charge in [-0.15, -0.1) is 6.58 Å². The minimum Gasteiger partial charge on any atom is -0.326 e. The van der Waals surface area contributed by atoms with E-state index in [1.54, 1.807) is 12.1 Å². The maximum atomic E-state index is 11.7. The lowest BCUT2D eigenvalue weighted by atomic mass is 10.2. The van der Waals surface area contributed by atoms with E-state index in [0.717, 1.165) is 0 Å². The summed E-state index contributed by atoms with van der Waals surface area (Å²) in [5.41, 5.74) is 5.60. The Morgan fingerprint density at radius 1 is 1.47 bits per heavy atom. The van der Waals surface area contributed by atoms with Gasteiger partial charge in [0.15, 0.2) is 0 Å². The number of aromatic nitrogens is 2. The van der Waals surface area contributed by atoms with Gasteiger partial charge in [-0.2, -0.15) is 0 Å². The monoisotopic (exact) mass is 227 g/mol. The molecule has 0 aromatic carbocycles. The molecule has 0 amide bonds. The number of rotatable bonds is 5. The molecule has 0 bridgehead atoms. The first-order valence-corrected chi connectivity index (χ1v) is 6.08. The van der Waals surface area contributed by atoms with E-state index in [4.69, 9.17) is 5.73 Å². The van der Waals surface area contributed by atoms with Gasteiger partial charge in [-0.3, -0.25) is 0 Å². The van der Waals surface area contributed by atoms with Crippen molar-refractivity contribution < 1.29 is 8.42 Å². The van der Waals surface area contributed by atoms with E-state index >= 15 is 0 Å². The van der Waals surface area contributed by atoms with Gasteiger partial charge in [0.05, 0.1) is 5.75 Å². The summed E-state index contributed by atoms with van der Waals surface area (Å²) in [6, 6.07) is 1.10. The molecule has 0 aliphatic carbocycles. The molecular formula is C9H13N3O2S. The molecule has 1 heterocycles. The summed E-state index contributed by atoms with van der Waals surface area (Å²) in [5.74, 6) is -0.164. The van der Waals surface area contributed by atoms with Crippen molar-refractivity contribution in [3.8, 4) is 0 Å². The van der Waals surface area contributed by atoms with Crippen LogP contribution < -0.4 is 5.73 Å². The lowest BCUT2D eigenvalue weighted by Crippen LogP contribution is -2.29. The number of hydrogen-bond donors (Lipinski definition) is 1. The second kappa shape index (κ2) is 4.99. The molecule has 5 nitrogen and oxygen atoms in total. The van der Waals surface area contributed by atoms with E-state index < -0.39 is 15.9 Å². The first-order valence-electron chi connectivity index (χ1n) is 4.42. The SMILES string of the molecule is C=CC[C@H](N)CS(=O)(=O)c1ncccn1. The summed E-state index contributed by atoms with van der Waals surface area (Å²) in [7, 11) is -3.48. The van der Waals surface area contributed by atoms with E-state index in [1.165, 1.54) is 12.4 Å². The zero-order chi connectivity index (χ0) is 11.3. The summed E-state index contributed by atoms with van der Waals surface area (Å²) in [4.78, 5) is 7.37. The van der Waals surface area contributed by atoms with E-state index in [9.17, 15) is 8.42 Å². The van der Waals surface area contributed by atoms with Crippen LogP contribution in [0.3, 0.4) is 0 Å². The highest BCUT2D eigenvalue weighted by Crippen LogP contribution is 2.05. The molecule has 15 heavy (non-hydrogen) atoms. The molecule has 6 heteroatoms. The zero-order valence-corrected chi connectivity index (χ0v) is 9.02. The fourth-order valence-corrected chi connectivity index (χ4v) is 2.38. The van der Waals surface area contributed by atoms with Gasteiger partial charge in [-0.1, -0.05) is 6.08 Å². The van der Waals surface area contributed by atoms with Crippen molar-refractivity contribution in [2.45, 2.75) is 17.6 Å². The standard InChI is InChI=1S/C9H13N3O2S/c1-2-4-8(10)7-15(13,14)9-11-5-3-6-12-9/h2-3,5-6,8H,1,4,7,10H2/t8-/m0/s1. The number of nitrogens with two attached hydrogens (primary N) is 1. The van der Waals surface area contributed by atoms with Crippen molar-refractivity contribution >= 4 is 9.84 Å². The van der Waals surface area contributed by atoms with Crippen LogP contribution in [0.25, 0.3) is 0 Å². The lowest BCUT2D eigenvalue weighted by molar-refractivity contribution is 0.577. The van der Waals surface area contributed by atoms with Gasteiger partial charge < -0.3 is 5.73 Å². The van der Waals surface area contributed by atoms with Crippen molar-refractivity contribution in [1.82, 2.24) is 9.97 Å². The molecule has 0 saturated carbocycles. The topological polar surface area (TPSA) is 85.9 Å². The van der Waals surface area contributed by atoms with Crippen molar-refractivity contribution in [3.05, 3.63) is 31.1 Å². The molecular weight excluding hydrogens is 214 g/mol. The average Bonchev–Trinajstić information content (AvgIpc) is 2.18. The molecule has 0 radical (unpaired) electrons. The summed E-state index contributed by atoms with van der Waals surface area (Å²) in [5, 5.41) is -0.176. The summed E-state index contributed by atoms with van der Waals surface area (Å²) >= 11 is 0. The van der Waals surface area contributed by atoms with Gasteiger partial charge in [-0.05, 0) is 12.5 Å². The van der Waals surface area contributed by atoms with Crippen LogP contribution in [0.2, 0.25) is 0 Å². The van der Waals surface area contributed by atoms with E-state index in [2.05, 4.69) is 16.5 Å². The predicted molar refractivity (Wildman–Crippen MR) is 56.9 cm³/mol. The molecule has 0 saturated heterocycles. The number of hydrogen-bond acceptors (Lipinski definition) is 5. The minimum atomic E-state index is -3.48. The highest BCUT2D eigenvalue weighted by atomic mass is 32.2. The van der Waals surface area contributed by atoms with Gasteiger partial charge in [0.25, 0.3) is 0 Å². The van der Waals surface area contributed by atoms with E-state index in [-0.39, 0.29) is 10.9 Å². The molecule has 0 spiro atoms. The molecule has 1 rings (SSSR count). The van der Waals surface area contributed by atoms with Crippen LogP contribution in [0.5, 0.6) is 0 Å². The van der Waals surface area contributed by atoms with Gasteiger partial charge in [0, 0.05) is 18.4 Å². The average molecular weight is 227 g/mol. The molecule has 2 N–H and O–H groups in total. The van der Waals surface area contributed by atoms with E-state index in [0.29, 0.717) is 6.42 Å². The second-order valence-corrected chi connectivity index (χ2v) is 5.03. The molecule has 1 aromatic rings. The fraction of sp³-hybridized carbons (Fsp3) is 0.333. The van der Waals surface area contributed by atoms with Crippen LogP contribution in [0.1, 0.15) is 6.42 Å². The molecule has 0 aliphatic rings. The first kappa shape index (κ1) is 11.8. The largest absolute Gasteiger partial charge is 0.326 e. The Balaban J connectivity index is 2.81. The van der Waals surface area contributed by atoms with Crippen LogP contribution >= 0.6 is 0 Å². The number of nitrogens with zero attached hydrogens (tertiary/aromatic N) is 2. The van der Waals surface area contributed by atoms with Gasteiger partial charge in [-0.25, -0.2) is 18.4 Å². The van der Waals surface area contributed by atoms with Crippen molar-refractivity contribution in [1.29, 1.82) is 0 Å². The van der Waals surface area contributed by atoms with Crippen LogP contribution in [0.15, 0.2) is 36.3 Å². The second-order valence-electron chi connectivity index (χ2n) is 3.10. The van der Waals surface area contributed by atoms with Crippen molar-refractivity contribution in [2.24, 2.45) is 5.73 Å². The summed E-state index contributed by atoms with van der Waals surface area (Å²) in [6.45, 7) is 3.50. The Morgan fingerprint density at radius 2 is 2.07 bits per heavy atom. The van der Waals surface area contributed by atoms with E-state index in [1.807, 2.05) is 0 Å². The quantitative estimate of drug-likeness (QED) is 0.571. The smallest absolute Gasteiger partial charge is 0.247 e. The predicted octanol–water partition coefficient (Wildman–Crippen LogP) is 0.154. The zero-order valence-electron chi connectivity index (χ0n) is 8.20. The third-order valence-electron chi connectivity index (χ3n) is 1.72. The van der Waals surface area contributed by atoms with Crippen LogP contribution in [-0.4, -0.2) is 30.2 Å². The first-order chi connectivity index (χ1) is 7.06. The summed E-state index contributed by atoms with van der Waals surface area (Å²) < 4.78 is 23.4. The van der Waals surface area contributed by atoms with Crippen LogP contribution in [-0.2, 0) is 9.84 Å². The minimum absolute atomic E-state index is 0.164. The molecule has 1 aromatic heterocycles. The maximum absolute atomic E-state index is 11.7. The fourth-order valence-electron chi connectivity index (χ4n) is 1.08. The maximum Gasteiger partial charge on any atom is 0.247 e. The molecule has 1 atom stereocenters. The van der Waals surface area contributed by atoms with Crippen molar-refractivity contribution in [3.63, 3.8) is 0 Å². The van der Waals surface area contributed by atoms with Gasteiger partial charge in [0.1, 0.15) is 0 Å². The Bertz CT molecular complexity index is 416. The normalized spacial score (nSPS) is 13.4. The Hall–Kier alpha value is -1.27. The van der Waals surface area contributed by atoms with Crippen molar-refractivity contribution in [2.75, 3.05) is 5.75 Å². The van der Waals surface area contributed by atoms with Crippen LogP contribution in [0, 0.1) is 0 Å². The Morgan fingerprint density at radius 3 is 2.60 bits per heavy atom. The van der Waals surface area contributed by atoms with Gasteiger partial charge in [0.2, 0.25) is 15.0 Å². The van der Waals surface area contributed by atoms with Crippen LogP contribution in [0.4, 0.5) is 0 Å². The Kier molecular flexibility index (Phi) is 3.93. The highest BCUT2D eigenvalue weighted by Gasteiger charge is 2.20. The third kappa shape index (κ3) is 3.41.